The average Bonchev–Trinajstić information content (AvgIpc) is 3.17. The smallest absolute Gasteiger partial charge is 0.272 e. The zero-order valence-electron chi connectivity index (χ0n) is 21.5. The van der Waals surface area contributed by atoms with E-state index in [2.05, 4.69) is 5.32 Å². The molecule has 0 spiro atoms. The zero-order chi connectivity index (χ0) is 29.6. The lowest BCUT2D eigenvalue weighted by Gasteiger charge is -2.23. The fraction of sp³-hybridized carbons (Fsp3) is 0.148. The van der Waals surface area contributed by atoms with Crippen LogP contribution in [0.4, 0.5) is 28.4 Å². The second-order valence-electron chi connectivity index (χ2n) is 8.62. The molecule has 0 radical (unpaired) electrons. The van der Waals surface area contributed by atoms with Gasteiger partial charge in [0.1, 0.15) is 12.1 Å². The van der Waals surface area contributed by atoms with E-state index in [1.165, 1.54) is 11.8 Å². The summed E-state index contributed by atoms with van der Waals surface area (Å²) >= 11 is 0. The van der Waals surface area contributed by atoms with Crippen molar-refractivity contribution < 1.29 is 19.3 Å². The third kappa shape index (κ3) is 6.12. The van der Waals surface area contributed by atoms with Gasteiger partial charge in [0, 0.05) is 44.9 Å². The summed E-state index contributed by atoms with van der Waals surface area (Å²) in [5.74, 6) is -0.743. The third-order valence-electron chi connectivity index (χ3n) is 5.94. The number of nitro groups is 1. The average molecular weight is 541 g/mol. The van der Waals surface area contributed by atoms with Crippen molar-refractivity contribution >= 4 is 46.2 Å². The van der Waals surface area contributed by atoms with E-state index in [0.29, 0.717) is 29.0 Å². The number of imide groups is 1. The molecule has 0 saturated carbocycles. The molecule has 0 atom stereocenters. The van der Waals surface area contributed by atoms with Gasteiger partial charge in [-0.2, -0.15) is 10.5 Å². The minimum Gasteiger partial charge on any atom is -0.397 e. The molecule has 4 rings (SSSR count). The molecule has 13 heteroatoms. The third-order valence-corrected chi connectivity index (χ3v) is 5.94. The first-order chi connectivity index (χ1) is 19.0. The number of hydrogen-bond donors (Lipinski definition) is 3. The molecule has 1 heterocycles. The number of non-ortho nitro benzene ring substituents is 1. The largest absolute Gasteiger partial charge is 0.397 e. The SMILES string of the molecule is CC(=O)Nc1cc(N(C)CCN2C(=O)c3ccccc3C2=O)ccc1N.N#Cc1cc([N+](=O)[O-])cc(C#N)c1N. The molecule has 0 aliphatic carbocycles. The van der Waals surface area contributed by atoms with Gasteiger partial charge in [-0.05, 0) is 30.3 Å². The number of nitrogens with two attached hydrogens (primary N) is 2. The lowest BCUT2D eigenvalue weighted by Crippen LogP contribution is -2.37. The molecule has 0 bridgehead atoms. The quantitative estimate of drug-likeness (QED) is 0.180. The van der Waals surface area contributed by atoms with Crippen LogP contribution in [0, 0.1) is 32.8 Å². The van der Waals surface area contributed by atoms with Gasteiger partial charge in [0.15, 0.2) is 0 Å². The first kappa shape index (κ1) is 28.6. The summed E-state index contributed by atoms with van der Waals surface area (Å²) in [7, 11) is 1.85. The van der Waals surface area contributed by atoms with Gasteiger partial charge in [0.25, 0.3) is 17.5 Å². The Hall–Kier alpha value is -5.95. The van der Waals surface area contributed by atoms with Crippen LogP contribution >= 0.6 is 0 Å². The summed E-state index contributed by atoms with van der Waals surface area (Å²) in [5.41, 5.74) is 13.5. The molecule has 40 heavy (non-hydrogen) atoms. The van der Waals surface area contributed by atoms with E-state index in [9.17, 15) is 24.5 Å². The molecule has 0 fully saturated rings. The number of carbonyl (C=O) groups is 3. The molecule has 3 amide bonds. The predicted octanol–water partition coefficient (Wildman–Crippen LogP) is 2.88. The summed E-state index contributed by atoms with van der Waals surface area (Å²) < 4.78 is 0. The van der Waals surface area contributed by atoms with Crippen molar-refractivity contribution in [1.82, 2.24) is 4.90 Å². The number of fused-ring (bicyclic) bond motifs is 1. The maximum atomic E-state index is 12.4. The van der Waals surface area contributed by atoms with Crippen molar-refractivity contribution in [2.45, 2.75) is 6.92 Å². The summed E-state index contributed by atoms with van der Waals surface area (Å²) in [5, 5.41) is 30.2. The molecule has 1 aliphatic rings. The molecule has 0 unspecified atom stereocenters. The van der Waals surface area contributed by atoms with Gasteiger partial charge in [-0.1, -0.05) is 12.1 Å². The van der Waals surface area contributed by atoms with Crippen LogP contribution in [0.15, 0.2) is 54.6 Å². The fourth-order valence-electron chi connectivity index (χ4n) is 3.83. The number of nitrogens with one attached hydrogen (secondary N) is 1. The number of hydrogen-bond acceptors (Lipinski definition) is 10. The van der Waals surface area contributed by atoms with Crippen LogP contribution in [0.1, 0.15) is 38.8 Å². The standard InChI is InChI=1S/C19H20N4O3.C8H4N4O2/c1-12(24)21-17-11-13(7-8-16(17)20)22(2)9-10-23-18(25)14-5-3-4-6-15(14)19(23)26;9-3-5-1-7(12(13)14)2-6(4-10)8(5)11/h3-8,11H,9-10,20H2,1-2H3,(H,21,24);1-2H,11H2. The Labute approximate surface area is 229 Å². The molecule has 0 aromatic heterocycles. The Balaban J connectivity index is 0.000000267. The lowest BCUT2D eigenvalue weighted by molar-refractivity contribution is -0.384. The first-order valence-corrected chi connectivity index (χ1v) is 11.7. The number of amides is 3. The van der Waals surface area contributed by atoms with Crippen molar-refractivity contribution in [3.05, 3.63) is 87.0 Å². The van der Waals surface area contributed by atoms with Crippen molar-refractivity contribution in [3.63, 3.8) is 0 Å². The molecule has 3 aromatic carbocycles. The van der Waals surface area contributed by atoms with Gasteiger partial charge in [-0.25, -0.2) is 0 Å². The Morgan fingerprint density at radius 3 is 2.05 bits per heavy atom. The summed E-state index contributed by atoms with van der Waals surface area (Å²) in [6.07, 6.45) is 0. The van der Waals surface area contributed by atoms with Crippen molar-refractivity contribution in [2.24, 2.45) is 0 Å². The number of nitrogens with zero attached hydrogens (tertiary/aromatic N) is 5. The van der Waals surface area contributed by atoms with Gasteiger partial charge in [0.05, 0.1) is 44.2 Å². The van der Waals surface area contributed by atoms with Crippen molar-refractivity contribution in [1.29, 1.82) is 10.5 Å². The Bertz CT molecular complexity index is 1540. The highest BCUT2D eigenvalue weighted by molar-refractivity contribution is 6.21. The van der Waals surface area contributed by atoms with Crippen LogP contribution in [-0.4, -0.2) is 47.7 Å². The van der Waals surface area contributed by atoms with E-state index in [-0.39, 0.29) is 46.8 Å². The highest BCUT2D eigenvalue weighted by Crippen LogP contribution is 2.26. The molecule has 0 saturated heterocycles. The number of benzene rings is 3. The van der Waals surface area contributed by atoms with Gasteiger partial charge < -0.3 is 21.7 Å². The van der Waals surface area contributed by atoms with Crippen molar-refractivity contribution in [3.8, 4) is 12.1 Å². The van der Waals surface area contributed by atoms with Crippen LogP contribution in [0.3, 0.4) is 0 Å². The number of rotatable bonds is 6. The lowest BCUT2D eigenvalue weighted by atomic mass is 10.1. The molecule has 1 aliphatic heterocycles. The minimum absolute atomic E-state index is 0.0272. The maximum Gasteiger partial charge on any atom is 0.272 e. The van der Waals surface area contributed by atoms with E-state index in [0.717, 1.165) is 17.8 Å². The van der Waals surface area contributed by atoms with Crippen LogP contribution < -0.4 is 21.7 Å². The van der Waals surface area contributed by atoms with Gasteiger partial charge >= 0.3 is 0 Å². The highest BCUT2D eigenvalue weighted by Gasteiger charge is 2.34. The Morgan fingerprint density at radius 1 is 1.02 bits per heavy atom. The number of carbonyl (C=O) groups excluding carboxylic acids is 3. The number of likely N-dealkylation sites (N-methyl/N-ethyl adjacent to an activating group) is 1. The van der Waals surface area contributed by atoms with Crippen LogP contribution in [-0.2, 0) is 4.79 Å². The normalized spacial score (nSPS) is 11.4. The Kier molecular flexibility index (Phi) is 8.63. The number of anilines is 4. The predicted molar refractivity (Wildman–Crippen MR) is 147 cm³/mol. The first-order valence-electron chi connectivity index (χ1n) is 11.7. The number of nitriles is 2. The molecule has 3 aromatic rings. The topological polar surface area (TPSA) is 212 Å². The van der Waals surface area contributed by atoms with E-state index < -0.39 is 4.92 Å². The monoisotopic (exact) mass is 540 g/mol. The van der Waals surface area contributed by atoms with Gasteiger partial charge in [-0.3, -0.25) is 29.4 Å². The van der Waals surface area contributed by atoms with E-state index in [1.807, 2.05) is 18.0 Å². The summed E-state index contributed by atoms with van der Waals surface area (Å²) in [6, 6.07) is 17.6. The molecule has 13 nitrogen and oxygen atoms in total. The van der Waals surface area contributed by atoms with E-state index in [4.69, 9.17) is 22.0 Å². The van der Waals surface area contributed by atoms with Gasteiger partial charge in [-0.15, -0.1) is 0 Å². The summed E-state index contributed by atoms with van der Waals surface area (Å²) in [4.78, 5) is 48.9. The van der Waals surface area contributed by atoms with E-state index >= 15 is 0 Å². The second kappa shape index (κ2) is 12.1. The minimum atomic E-state index is -0.679. The number of nitro benzene ring substituents is 1. The van der Waals surface area contributed by atoms with E-state index in [1.54, 1.807) is 48.5 Å². The maximum absolute atomic E-state index is 12.4. The fourth-order valence-corrected chi connectivity index (χ4v) is 3.83. The van der Waals surface area contributed by atoms with Crippen LogP contribution in [0.5, 0.6) is 0 Å². The molecule has 202 valence electrons. The second-order valence-corrected chi connectivity index (χ2v) is 8.62. The van der Waals surface area contributed by atoms with Crippen LogP contribution in [0.25, 0.3) is 0 Å². The number of nitrogen functional groups attached to an aromatic ring is 2. The molecule has 5 N–H and O–H groups in total. The zero-order valence-corrected chi connectivity index (χ0v) is 21.5. The highest BCUT2D eigenvalue weighted by atomic mass is 16.6. The molecular formula is C27H24N8O5. The van der Waals surface area contributed by atoms with Gasteiger partial charge in [0.2, 0.25) is 5.91 Å². The Morgan fingerprint density at radius 2 is 1.57 bits per heavy atom. The van der Waals surface area contributed by atoms with Crippen molar-refractivity contribution in [2.75, 3.05) is 41.8 Å². The molecular weight excluding hydrogens is 516 g/mol. The van der Waals surface area contributed by atoms with Crippen LogP contribution in [0.2, 0.25) is 0 Å². The summed E-state index contributed by atoms with van der Waals surface area (Å²) in [6.45, 7) is 2.13.